The number of aromatic nitrogens is 2. The van der Waals surface area contributed by atoms with E-state index in [1.165, 1.54) is 4.68 Å². The maximum absolute atomic E-state index is 11.7. The van der Waals surface area contributed by atoms with Gasteiger partial charge >= 0.3 is 0 Å². The van der Waals surface area contributed by atoms with Crippen LogP contribution in [0.1, 0.15) is 11.1 Å². The quantitative estimate of drug-likeness (QED) is 0.765. The van der Waals surface area contributed by atoms with E-state index in [0.717, 1.165) is 16.7 Å². The van der Waals surface area contributed by atoms with Crippen molar-refractivity contribution in [2.24, 2.45) is 7.05 Å². The molecule has 0 atom stereocenters. The van der Waals surface area contributed by atoms with E-state index in [0.29, 0.717) is 5.56 Å². The van der Waals surface area contributed by atoms with E-state index >= 15 is 0 Å². The minimum absolute atomic E-state index is 0.0290. The molecule has 0 aliphatic rings. The van der Waals surface area contributed by atoms with E-state index in [1.54, 1.807) is 7.05 Å². The fraction of sp³-hybridized carbons (Fsp3) is 0.250. The first-order valence-corrected chi connectivity index (χ1v) is 5.06. The number of aromatic amines is 1. The first-order chi connectivity index (χ1) is 7.50. The Labute approximate surface area is 93.1 Å². The molecule has 0 unspecified atom stereocenters. The van der Waals surface area contributed by atoms with Crippen LogP contribution in [-0.2, 0) is 7.05 Å². The number of nitrogens with one attached hydrogen (secondary N) is 1. The average Bonchev–Trinajstić information content (AvgIpc) is 2.46. The smallest absolute Gasteiger partial charge is 0.275 e. The van der Waals surface area contributed by atoms with Crippen molar-refractivity contribution < 1.29 is 5.11 Å². The molecule has 0 amide bonds. The highest BCUT2D eigenvalue weighted by Crippen LogP contribution is 2.28. The topological polar surface area (TPSA) is 58.0 Å². The zero-order chi connectivity index (χ0) is 11.9. The molecule has 84 valence electrons. The van der Waals surface area contributed by atoms with Crippen LogP contribution in [0.3, 0.4) is 0 Å². The Bertz CT molecular complexity index is 594. The molecular weight excluding hydrogens is 204 g/mol. The second-order valence-corrected chi connectivity index (χ2v) is 4.02. The minimum atomic E-state index is -0.270. The molecule has 1 aromatic heterocycles. The van der Waals surface area contributed by atoms with E-state index in [2.05, 4.69) is 5.10 Å². The third kappa shape index (κ3) is 1.52. The van der Waals surface area contributed by atoms with Crippen molar-refractivity contribution in [1.29, 1.82) is 0 Å². The summed E-state index contributed by atoms with van der Waals surface area (Å²) >= 11 is 0. The van der Waals surface area contributed by atoms with Crippen LogP contribution < -0.4 is 5.56 Å². The normalized spacial score (nSPS) is 10.7. The third-order valence-electron chi connectivity index (χ3n) is 2.70. The summed E-state index contributed by atoms with van der Waals surface area (Å²) in [6.07, 6.45) is 0. The molecule has 0 aliphatic carbocycles. The predicted octanol–water partition coefficient (Wildman–Crippen LogP) is 1.70. The monoisotopic (exact) mass is 218 g/mol. The summed E-state index contributed by atoms with van der Waals surface area (Å²) in [6.45, 7) is 3.87. The van der Waals surface area contributed by atoms with Gasteiger partial charge in [-0.3, -0.25) is 14.6 Å². The van der Waals surface area contributed by atoms with Crippen LogP contribution in [0.4, 0.5) is 0 Å². The fourth-order valence-electron chi connectivity index (χ4n) is 1.78. The van der Waals surface area contributed by atoms with Gasteiger partial charge in [0.2, 0.25) is 5.88 Å². The van der Waals surface area contributed by atoms with Crippen molar-refractivity contribution in [1.82, 2.24) is 9.78 Å². The number of rotatable bonds is 1. The van der Waals surface area contributed by atoms with Crippen molar-refractivity contribution in [2.75, 3.05) is 0 Å². The lowest BCUT2D eigenvalue weighted by atomic mass is 10.0. The molecule has 0 saturated heterocycles. The van der Waals surface area contributed by atoms with Gasteiger partial charge in [-0.2, -0.15) is 0 Å². The van der Waals surface area contributed by atoms with Gasteiger partial charge in [-0.05, 0) is 25.0 Å². The molecule has 0 fully saturated rings. The lowest BCUT2D eigenvalue weighted by molar-refractivity contribution is 0.420. The van der Waals surface area contributed by atoms with E-state index in [1.807, 2.05) is 32.0 Å². The van der Waals surface area contributed by atoms with Gasteiger partial charge in [0.15, 0.2) is 0 Å². The number of nitrogens with zero attached hydrogens (tertiary/aromatic N) is 1. The Kier molecular flexibility index (Phi) is 2.34. The summed E-state index contributed by atoms with van der Waals surface area (Å²) in [6, 6.07) is 5.82. The molecule has 0 aliphatic heterocycles. The Balaban J connectivity index is 2.76. The molecular formula is C12H14N2O2. The maximum Gasteiger partial charge on any atom is 0.275 e. The van der Waals surface area contributed by atoms with E-state index in [9.17, 15) is 9.90 Å². The van der Waals surface area contributed by atoms with Crippen molar-refractivity contribution in [2.45, 2.75) is 13.8 Å². The zero-order valence-electron chi connectivity index (χ0n) is 9.53. The van der Waals surface area contributed by atoms with Crippen molar-refractivity contribution in [3.05, 3.63) is 39.7 Å². The highest BCUT2D eigenvalue weighted by atomic mass is 16.3. The van der Waals surface area contributed by atoms with Gasteiger partial charge in [-0.15, -0.1) is 0 Å². The molecule has 2 N–H and O–H groups in total. The van der Waals surface area contributed by atoms with Gasteiger partial charge < -0.3 is 5.11 Å². The van der Waals surface area contributed by atoms with Gasteiger partial charge in [0.05, 0.1) is 0 Å². The number of aromatic hydroxyl groups is 1. The molecule has 2 aromatic rings. The van der Waals surface area contributed by atoms with E-state index in [4.69, 9.17) is 0 Å². The molecule has 0 radical (unpaired) electrons. The highest BCUT2D eigenvalue weighted by Gasteiger charge is 2.15. The molecule has 2 rings (SSSR count). The second kappa shape index (κ2) is 3.56. The van der Waals surface area contributed by atoms with Gasteiger partial charge in [0, 0.05) is 7.05 Å². The molecule has 1 heterocycles. The van der Waals surface area contributed by atoms with E-state index in [-0.39, 0.29) is 11.4 Å². The summed E-state index contributed by atoms with van der Waals surface area (Å²) in [4.78, 5) is 11.7. The van der Waals surface area contributed by atoms with Crippen molar-refractivity contribution in [3.8, 4) is 17.0 Å². The summed E-state index contributed by atoms with van der Waals surface area (Å²) in [7, 11) is 1.60. The van der Waals surface area contributed by atoms with Gasteiger partial charge in [-0.1, -0.05) is 23.8 Å². The summed E-state index contributed by atoms with van der Waals surface area (Å²) < 4.78 is 1.32. The van der Waals surface area contributed by atoms with Crippen LogP contribution in [0.2, 0.25) is 0 Å². The Hall–Kier alpha value is -1.97. The van der Waals surface area contributed by atoms with Gasteiger partial charge in [-0.25, -0.2) is 0 Å². The highest BCUT2D eigenvalue weighted by molar-refractivity contribution is 5.71. The number of aryl methyl sites for hydroxylation is 3. The van der Waals surface area contributed by atoms with Crippen LogP contribution in [-0.4, -0.2) is 14.9 Å². The fourth-order valence-corrected chi connectivity index (χ4v) is 1.78. The SMILES string of the molecule is Cc1ccc(C)c(-c2c(O)n(C)[nH]c2=O)c1. The lowest BCUT2D eigenvalue weighted by Gasteiger charge is -2.04. The number of benzene rings is 1. The average molecular weight is 218 g/mol. The number of hydrogen-bond acceptors (Lipinski definition) is 2. The van der Waals surface area contributed by atoms with Crippen LogP contribution in [0, 0.1) is 13.8 Å². The minimum Gasteiger partial charge on any atom is -0.493 e. The lowest BCUT2D eigenvalue weighted by Crippen LogP contribution is -2.04. The van der Waals surface area contributed by atoms with Crippen LogP contribution >= 0.6 is 0 Å². The van der Waals surface area contributed by atoms with Crippen molar-refractivity contribution in [3.63, 3.8) is 0 Å². The molecule has 1 aromatic carbocycles. The zero-order valence-corrected chi connectivity index (χ0v) is 9.53. The Morgan fingerprint density at radius 3 is 2.56 bits per heavy atom. The summed E-state index contributed by atoms with van der Waals surface area (Å²) in [5.41, 5.74) is 2.87. The summed E-state index contributed by atoms with van der Waals surface area (Å²) in [5.74, 6) is -0.0290. The van der Waals surface area contributed by atoms with Gasteiger partial charge in [0.25, 0.3) is 5.56 Å². The Morgan fingerprint density at radius 1 is 1.31 bits per heavy atom. The second-order valence-electron chi connectivity index (χ2n) is 4.02. The first-order valence-electron chi connectivity index (χ1n) is 5.06. The maximum atomic E-state index is 11.7. The number of H-pyrrole nitrogens is 1. The van der Waals surface area contributed by atoms with E-state index < -0.39 is 0 Å². The first kappa shape index (κ1) is 10.5. The predicted molar refractivity (Wildman–Crippen MR) is 62.6 cm³/mol. The molecule has 0 bridgehead atoms. The third-order valence-corrected chi connectivity index (χ3v) is 2.70. The van der Waals surface area contributed by atoms with Gasteiger partial charge in [0.1, 0.15) is 5.56 Å². The largest absolute Gasteiger partial charge is 0.493 e. The van der Waals surface area contributed by atoms with Crippen LogP contribution in [0.15, 0.2) is 23.0 Å². The molecule has 0 spiro atoms. The van der Waals surface area contributed by atoms with Crippen LogP contribution in [0.25, 0.3) is 11.1 Å². The standard InChI is InChI=1S/C12H14N2O2/c1-7-4-5-8(2)9(6-7)10-11(15)13-14(3)12(10)16/h4-6,16H,1-3H3,(H,13,15). The Morgan fingerprint density at radius 2 is 2.00 bits per heavy atom. The van der Waals surface area contributed by atoms with Crippen molar-refractivity contribution >= 4 is 0 Å². The molecule has 16 heavy (non-hydrogen) atoms. The molecule has 4 nitrogen and oxygen atoms in total. The summed E-state index contributed by atoms with van der Waals surface area (Å²) in [5, 5.41) is 12.4. The number of hydrogen-bond donors (Lipinski definition) is 2. The van der Waals surface area contributed by atoms with Crippen LogP contribution in [0.5, 0.6) is 5.88 Å². The molecule has 0 saturated carbocycles. The molecule has 4 heteroatoms.